The quantitative estimate of drug-likeness (QED) is 0.622. The van der Waals surface area contributed by atoms with Crippen molar-refractivity contribution in [1.82, 2.24) is 14.7 Å². The van der Waals surface area contributed by atoms with Gasteiger partial charge in [0.15, 0.2) is 0 Å². The first-order chi connectivity index (χ1) is 14.8. The van der Waals surface area contributed by atoms with Gasteiger partial charge in [0.1, 0.15) is 0 Å². The monoisotopic (exact) mass is 465 g/mol. The van der Waals surface area contributed by atoms with Crippen molar-refractivity contribution < 1.29 is 14.4 Å². The van der Waals surface area contributed by atoms with Gasteiger partial charge >= 0.3 is 0 Å². The van der Waals surface area contributed by atoms with E-state index >= 15 is 0 Å². The van der Waals surface area contributed by atoms with Crippen LogP contribution in [-0.2, 0) is 14.4 Å². The first-order valence-corrected chi connectivity index (χ1v) is 11.6. The van der Waals surface area contributed by atoms with Gasteiger partial charge in [-0.2, -0.15) is 0 Å². The van der Waals surface area contributed by atoms with E-state index in [-0.39, 0.29) is 24.1 Å². The van der Waals surface area contributed by atoms with Crippen molar-refractivity contribution in [3.8, 4) is 0 Å². The van der Waals surface area contributed by atoms with Gasteiger partial charge in [0.2, 0.25) is 17.7 Å². The maximum absolute atomic E-state index is 12.6. The fourth-order valence-electron chi connectivity index (χ4n) is 3.86. The molecule has 0 radical (unpaired) electrons. The van der Waals surface area contributed by atoms with Crippen LogP contribution in [0.1, 0.15) is 38.2 Å². The highest BCUT2D eigenvalue weighted by molar-refractivity contribution is 6.42. The van der Waals surface area contributed by atoms with Gasteiger partial charge in [-0.1, -0.05) is 36.2 Å². The summed E-state index contributed by atoms with van der Waals surface area (Å²) in [6, 6.07) is 5.16. The molecule has 31 heavy (non-hydrogen) atoms. The summed E-state index contributed by atoms with van der Waals surface area (Å²) in [5.41, 5.74) is 0.779. The first-order valence-electron chi connectivity index (χ1n) is 10.8. The van der Waals surface area contributed by atoms with Crippen LogP contribution in [0.4, 0.5) is 0 Å². The summed E-state index contributed by atoms with van der Waals surface area (Å²) in [4.78, 5) is 42.8. The third kappa shape index (κ3) is 6.71. The number of hydrogen-bond acceptors (Lipinski definition) is 3. The molecule has 0 aromatic heterocycles. The van der Waals surface area contributed by atoms with Crippen LogP contribution in [0.15, 0.2) is 24.3 Å². The molecule has 3 rings (SSSR count). The Hall–Kier alpha value is -2.05. The van der Waals surface area contributed by atoms with E-state index in [9.17, 15) is 14.4 Å². The van der Waals surface area contributed by atoms with E-state index in [4.69, 9.17) is 23.2 Å². The molecule has 0 saturated carbocycles. The smallest absolute Gasteiger partial charge is 0.246 e. The Labute approximate surface area is 193 Å². The van der Waals surface area contributed by atoms with E-state index in [0.29, 0.717) is 48.6 Å². The van der Waals surface area contributed by atoms with E-state index in [2.05, 4.69) is 6.92 Å². The lowest BCUT2D eigenvalue weighted by Crippen LogP contribution is -2.41. The molecule has 0 atom stereocenters. The van der Waals surface area contributed by atoms with Gasteiger partial charge in [-0.3, -0.25) is 14.4 Å². The van der Waals surface area contributed by atoms with Crippen molar-refractivity contribution in [2.24, 2.45) is 5.92 Å². The number of piperidine rings is 1. The number of likely N-dealkylation sites (tertiary alicyclic amines) is 1. The Bertz CT molecular complexity index is 850. The van der Waals surface area contributed by atoms with Crippen molar-refractivity contribution >= 4 is 47.0 Å². The number of hydrogen-bond donors (Lipinski definition) is 0. The van der Waals surface area contributed by atoms with Gasteiger partial charge in [-0.15, -0.1) is 0 Å². The molecule has 2 aliphatic rings. The van der Waals surface area contributed by atoms with Gasteiger partial charge in [0.05, 0.1) is 10.0 Å². The molecule has 168 valence electrons. The predicted octanol–water partition coefficient (Wildman–Crippen LogP) is 3.72. The molecular formula is C23H29Cl2N3O3. The maximum atomic E-state index is 12.6. The fraction of sp³-hybridized carbons (Fsp3) is 0.522. The van der Waals surface area contributed by atoms with Crippen LogP contribution in [0.2, 0.25) is 10.0 Å². The minimum atomic E-state index is -0.153. The molecule has 1 aromatic carbocycles. The van der Waals surface area contributed by atoms with Crippen LogP contribution in [0.5, 0.6) is 0 Å². The molecule has 0 unspecified atom stereocenters. The van der Waals surface area contributed by atoms with Crippen LogP contribution in [-0.4, -0.2) is 71.7 Å². The molecular weight excluding hydrogens is 437 g/mol. The molecule has 0 N–H and O–H groups in total. The molecule has 0 aliphatic carbocycles. The predicted molar refractivity (Wildman–Crippen MR) is 123 cm³/mol. The summed E-state index contributed by atoms with van der Waals surface area (Å²) in [5.74, 6) is 0.620. The molecule has 3 amide bonds. The summed E-state index contributed by atoms with van der Waals surface area (Å²) in [5, 5.41) is 0.894. The largest absolute Gasteiger partial charge is 0.343 e. The Morgan fingerprint density at radius 2 is 1.77 bits per heavy atom. The number of halogens is 2. The highest BCUT2D eigenvalue weighted by Crippen LogP contribution is 2.23. The SMILES string of the molecule is CC1CCN(C(=O)CCN2CCN(C(=O)C=Cc3ccc(Cl)c(Cl)c3)CCC2=O)CC1. The second-order valence-corrected chi connectivity index (χ2v) is 9.09. The molecule has 1 aromatic rings. The Kier molecular flexibility index (Phi) is 8.38. The summed E-state index contributed by atoms with van der Waals surface area (Å²) >= 11 is 11.9. The Morgan fingerprint density at radius 1 is 1.03 bits per heavy atom. The van der Waals surface area contributed by atoms with Gasteiger partial charge in [0.25, 0.3) is 0 Å². The average molecular weight is 466 g/mol. The van der Waals surface area contributed by atoms with Crippen molar-refractivity contribution in [3.63, 3.8) is 0 Å². The summed E-state index contributed by atoms with van der Waals surface area (Å²) < 4.78 is 0. The molecule has 2 saturated heterocycles. The lowest BCUT2D eigenvalue weighted by molar-refractivity contribution is -0.134. The minimum Gasteiger partial charge on any atom is -0.343 e. The van der Waals surface area contributed by atoms with Crippen molar-refractivity contribution in [2.75, 3.05) is 39.3 Å². The number of rotatable bonds is 5. The molecule has 0 spiro atoms. The minimum absolute atomic E-state index is 0.0103. The maximum Gasteiger partial charge on any atom is 0.246 e. The standard InChI is InChI=1S/C23H29Cl2N3O3/c1-17-6-10-26(11-7-17)22(30)8-13-28-15-14-27(12-9-23(28)31)21(29)5-3-18-2-4-19(24)20(25)16-18/h2-5,16-17H,6-15H2,1H3. The topological polar surface area (TPSA) is 60.9 Å². The summed E-state index contributed by atoms with van der Waals surface area (Å²) in [6.07, 6.45) is 5.86. The Balaban J connectivity index is 1.49. The zero-order chi connectivity index (χ0) is 22.4. The number of benzene rings is 1. The van der Waals surface area contributed by atoms with Crippen LogP contribution >= 0.6 is 23.2 Å². The number of nitrogens with zero attached hydrogens (tertiary/aromatic N) is 3. The van der Waals surface area contributed by atoms with E-state index in [1.54, 1.807) is 34.1 Å². The van der Waals surface area contributed by atoms with Gasteiger partial charge in [0, 0.05) is 58.2 Å². The van der Waals surface area contributed by atoms with Gasteiger partial charge in [-0.05, 0) is 42.5 Å². The summed E-state index contributed by atoms with van der Waals surface area (Å²) in [7, 11) is 0. The highest BCUT2D eigenvalue weighted by atomic mass is 35.5. The zero-order valence-electron chi connectivity index (χ0n) is 17.9. The molecule has 2 heterocycles. The van der Waals surface area contributed by atoms with Crippen LogP contribution in [0.25, 0.3) is 6.08 Å². The van der Waals surface area contributed by atoms with Crippen molar-refractivity contribution in [1.29, 1.82) is 0 Å². The van der Waals surface area contributed by atoms with Crippen LogP contribution in [0.3, 0.4) is 0 Å². The molecule has 2 fully saturated rings. The lowest BCUT2D eigenvalue weighted by Gasteiger charge is -2.31. The molecule has 2 aliphatic heterocycles. The third-order valence-electron chi connectivity index (χ3n) is 5.99. The molecule has 6 nitrogen and oxygen atoms in total. The van der Waals surface area contributed by atoms with E-state index < -0.39 is 0 Å². The van der Waals surface area contributed by atoms with Crippen molar-refractivity contribution in [2.45, 2.75) is 32.6 Å². The second-order valence-electron chi connectivity index (χ2n) is 8.28. The average Bonchev–Trinajstić information content (AvgIpc) is 2.94. The van der Waals surface area contributed by atoms with Gasteiger partial charge in [-0.25, -0.2) is 0 Å². The normalized spacial score (nSPS) is 18.5. The van der Waals surface area contributed by atoms with E-state index in [1.807, 2.05) is 4.90 Å². The lowest BCUT2D eigenvalue weighted by atomic mass is 9.99. The highest BCUT2D eigenvalue weighted by Gasteiger charge is 2.25. The summed E-state index contributed by atoms with van der Waals surface area (Å²) in [6.45, 7) is 5.50. The van der Waals surface area contributed by atoms with E-state index in [1.165, 1.54) is 6.08 Å². The first kappa shape index (κ1) is 23.6. The fourth-order valence-corrected chi connectivity index (χ4v) is 4.17. The zero-order valence-corrected chi connectivity index (χ0v) is 19.4. The number of amides is 3. The van der Waals surface area contributed by atoms with E-state index in [0.717, 1.165) is 31.5 Å². The van der Waals surface area contributed by atoms with Crippen LogP contribution < -0.4 is 0 Å². The number of carbonyl (C=O) groups excluding carboxylic acids is 3. The van der Waals surface area contributed by atoms with Gasteiger partial charge < -0.3 is 14.7 Å². The second kappa shape index (κ2) is 11.0. The number of carbonyl (C=O) groups is 3. The Morgan fingerprint density at radius 3 is 2.48 bits per heavy atom. The van der Waals surface area contributed by atoms with Crippen LogP contribution in [0, 0.1) is 5.92 Å². The molecule has 0 bridgehead atoms. The van der Waals surface area contributed by atoms with Crippen molar-refractivity contribution in [3.05, 3.63) is 39.9 Å². The third-order valence-corrected chi connectivity index (χ3v) is 6.73. The molecule has 8 heteroatoms.